The van der Waals surface area contributed by atoms with E-state index in [-0.39, 0.29) is 18.0 Å². The first kappa shape index (κ1) is 21.9. The molecule has 1 fully saturated rings. The lowest BCUT2D eigenvalue weighted by Gasteiger charge is -2.11. The van der Waals surface area contributed by atoms with Crippen LogP contribution in [-0.2, 0) is 11.3 Å². The molecule has 34 heavy (non-hydrogen) atoms. The van der Waals surface area contributed by atoms with Gasteiger partial charge in [0.15, 0.2) is 0 Å². The highest BCUT2D eigenvalue weighted by atomic mass is 16.5. The van der Waals surface area contributed by atoms with Crippen LogP contribution in [0.2, 0.25) is 0 Å². The van der Waals surface area contributed by atoms with Crippen molar-refractivity contribution in [3.8, 4) is 11.4 Å². The summed E-state index contributed by atoms with van der Waals surface area (Å²) in [5.41, 5.74) is 4.68. The van der Waals surface area contributed by atoms with Crippen molar-refractivity contribution in [1.82, 2.24) is 19.6 Å². The van der Waals surface area contributed by atoms with Gasteiger partial charge in [-0.15, -0.1) is 0 Å². The van der Waals surface area contributed by atoms with Gasteiger partial charge in [0.25, 0.3) is 5.56 Å². The third-order valence-electron chi connectivity index (χ3n) is 6.15. The molecule has 0 aliphatic heterocycles. The summed E-state index contributed by atoms with van der Waals surface area (Å²) in [6, 6.07) is 13.1. The predicted molar refractivity (Wildman–Crippen MR) is 131 cm³/mol. The maximum absolute atomic E-state index is 13.5. The predicted octanol–water partition coefficient (Wildman–Crippen LogP) is 4.11. The smallest absolute Gasteiger partial charge is 0.293 e. The molecule has 4 aromatic rings. The Balaban J connectivity index is 1.49. The Labute approximate surface area is 197 Å². The monoisotopic (exact) mass is 457 g/mol. The topological polar surface area (TPSA) is 91.0 Å². The first-order valence-electron chi connectivity index (χ1n) is 11.5. The summed E-state index contributed by atoms with van der Waals surface area (Å²) in [5, 5.41) is 12.7. The van der Waals surface area contributed by atoms with Gasteiger partial charge in [0, 0.05) is 17.0 Å². The Kier molecular flexibility index (Phi) is 5.65. The highest BCUT2D eigenvalue weighted by Gasteiger charge is 2.30. The van der Waals surface area contributed by atoms with Crippen LogP contribution in [0.25, 0.3) is 16.6 Å². The Bertz CT molecular complexity index is 1430. The fraction of sp³-hybridized carbons (Fsp3) is 0.308. The molecule has 174 valence electrons. The van der Waals surface area contributed by atoms with Gasteiger partial charge < -0.3 is 10.1 Å². The maximum Gasteiger partial charge on any atom is 0.293 e. The number of amides is 1. The van der Waals surface area contributed by atoms with Crippen molar-refractivity contribution in [3.63, 3.8) is 0 Å². The van der Waals surface area contributed by atoms with Crippen molar-refractivity contribution < 1.29 is 9.53 Å². The molecule has 2 aromatic carbocycles. The van der Waals surface area contributed by atoms with Crippen LogP contribution in [0.3, 0.4) is 0 Å². The average Bonchev–Trinajstić information content (AvgIpc) is 3.57. The SMILES string of the molecule is CCOc1ccc(NC(=O)Cn2nc(C3CC3)c3cnn(-c4ccc(C)c(C)c4)c3c2=O)cc1. The highest BCUT2D eigenvalue weighted by molar-refractivity contribution is 5.91. The van der Waals surface area contributed by atoms with E-state index < -0.39 is 0 Å². The second-order valence-electron chi connectivity index (χ2n) is 8.72. The van der Waals surface area contributed by atoms with Crippen molar-refractivity contribution in [3.05, 3.63) is 75.8 Å². The number of aromatic nitrogens is 4. The van der Waals surface area contributed by atoms with E-state index >= 15 is 0 Å². The lowest BCUT2D eigenvalue weighted by molar-refractivity contribution is -0.117. The molecule has 1 aliphatic rings. The number of benzene rings is 2. The molecular formula is C26H27N5O3. The molecule has 1 N–H and O–H groups in total. The largest absolute Gasteiger partial charge is 0.494 e. The van der Waals surface area contributed by atoms with Crippen LogP contribution >= 0.6 is 0 Å². The van der Waals surface area contributed by atoms with Crippen molar-refractivity contribution in [2.75, 3.05) is 11.9 Å². The highest BCUT2D eigenvalue weighted by Crippen LogP contribution is 2.41. The normalized spacial score (nSPS) is 13.3. The lowest BCUT2D eigenvalue weighted by Crippen LogP contribution is -2.31. The van der Waals surface area contributed by atoms with E-state index in [9.17, 15) is 9.59 Å². The van der Waals surface area contributed by atoms with Gasteiger partial charge in [-0.05, 0) is 81.1 Å². The molecule has 0 radical (unpaired) electrons. The zero-order chi connectivity index (χ0) is 23.8. The molecular weight excluding hydrogens is 430 g/mol. The number of hydrogen-bond donors (Lipinski definition) is 1. The number of ether oxygens (including phenoxy) is 1. The van der Waals surface area contributed by atoms with E-state index in [0.29, 0.717) is 23.7 Å². The number of carbonyl (C=O) groups excluding carboxylic acids is 1. The van der Waals surface area contributed by atoms with Gasteiger partial charge in [0.05, 0.1) is 24.2 Å². The standard InChI is InChI=1S/C26H27N5O3/c1-4-34-21-11-8-19(9-12-21)28-23(32)15-30-26(33)25-22(24(29-30)18-6-7-18)14-27-31(25)20-10-5-16(2)17(3)13-20/h5,8-14,18H,4,6-7,15H2,1-3H3,(H,28,32). The number of nitrogens with one attached hydrogen (secondary N) is 1. The Morgan fingerprint density at radius 3 is 2.56 bits per heavy atom. The molecule has 1 aliphatic carbocycles. The van der Waals surface area contributed by atoms with Crippen LogP contribution < -0.4 is 15.6 Å². The first-order chi connectivity index (χ1) is 16.4. The van der Waals surface area contributed by atoms with E-state index in [1.165, 1.54) is 10.2 Å². The number of carbonyl (C=O) groups is 1. The fourth-order valence-electron chi connectivity index (χ4n) is 4.05. The fourth-order valence-corrected chi connectivity index (χ4v) is 4.05. The van der Waals surface area contributed by atoms with Crippen molar-refractivity contribution >= 4 is 22.5 Å². The van der Waals surface area contributed by atoms with Crippen LogP contribution in [0.1, 0.15) is 42.5 Å². The molecule has 0 atom stereocenters. The van der Waals surface area contributed by atoms with Crippen LogP contribution in [-0.4, -0.2) is 32.1 Å². The van der Waals surface area contributed by atoms with Crippen molar-refractivity contribution in [1.29, 1.82) is 0 Å². The number of fused-ring (bicyclic) bond motifs is 1. The van der Waals surface area contributed by atoms with E-state index in [1.807, 2.05) is 39.0 Å². The first-order valence-corrected chi connectivity index (χ1v) is 11.5. The zero-order valence-electron chi connectivity index (χ0n) is 19.5. The third kappa shape index (κ3) is 4.19. The molecule has 1 saturated carbocycles. The summed E-state index contributed by atoms with van der Waals surface area (Å²) in [6.07, 6.45) is 3.76. The summed E-state index contributed by atoms with van der Waals surface area (Å²) in [5.74, 6) is 0.704. The molecule has 0 unspecified atom stereocenters. The second kappa shape index (κ2) is 8.78. The minimum atomic E-state index is -0.336. The summed E-state index contributed by atoms with van der Waals surface area (Å²) < 4.78 is 8.37. The van der Waals surface area contributed by atoms with Crippen LogP contribution in [0, 0.1) is 13.8 Å². The van der Waals surface area contributed by atoms with Gasteiger partial charge in [-0.25, -0.2) is 9.36 Å². The molecule has 0 bridgehead atoms. The minimum Gasteiger partial charge on any atom is -0.494 e. The number of rotatable bonds is 7. The molecule has 1 amide bonds. The van der Waals surface area contributed by atoms with E-state index in [4.69, 9.17) is 4.74 Å². The van der Waals surface area contributed by atoms with E-state index in [0.717, 1.165) is 40.9 Å². The Morgan fingerprint density at radius 1 is 1.12 bits per heavy atom. The minimum absolute atomic E-state index is 0.181. The summed E-state index contributed by atoms with van der Waals surface area (Å²) in [4.78, 5) is 26.3. The van der Waals surface area contributed by atoms with Gasteiger partial charge in [-0.1, -0.05) is 6.07 Å². The number of hydrogen-bond acceptors (Lipinski definition) is 5. The zero-order valence-corrected chi connectivity index (χ0v) is 19.5. The molecule has 2 heterocycles. The van der Waals surface area contributed by atoms with Crippen molar-refractivity contribution in [2.24, 2.45) is 0 Å². The van der Waals surface area contributed by atoms with E-state index in [2.05, 4.69) is 15.5 Å². The van der Waals surface area contributed by atoms with Gasteiger partial charge in [-0.3, -0.25) is 9.59 Å². The molecule has 2 aromatic heterocycles. The Morgan fingerprint density at radius 2 is 1.88 bits per heavy atom. The Hall–Kier alpha value is -3.94. The van der Waals surface area contributed by atoms with Gasteiger partial charge in [0.1, 0.15) is 17.8 Å². The quantitative estimate of drug-likeness (QED) is 0.451. The van der Waals surface area contributed by atoms with Crippen LogP contribution in [0.15, 0.2) is 53.5 Å². The van der Waals surface area contributed by atoms with Gasteiger partial charge in [0.2, 0.25) is 5.91 Å². The lowest BCUT2D eigenvalue weighted by atomic mass is 10.1. The summed E-state index contributed by atoms with van der Waals surface area (Å²) >= 11 is 0. The maximum atomic E-state index is 13.5. The molecule has 8 heteroatoms. The molecule has 0 spiro atoms. The molecule has 8 nitrogen and oxygen atoms in total. The molecule has 0 saturated heterocycles. The van der Waals surface area contributed by atoms with Crippen LogP contribution in [0.5, 0.6) is 5.75 Å². The average molecular weight is 458 g/mol. The van der Waals surface area contributed by atoms with Crippen molar-refractivity contribution in [2.45, 2.75) is 46.1 Å². The number of anilines is 1. The van der Waals surface area contributed by atoms with Crippen LogP contribution in [0.4, 0.5) is 5.69 Å². The van der Waals surface area contributed by atoms with Gasteiger partial charge >= 0.3 is 0 Å². The van der Waals surface area contributed by atoms with Gasteiger partial charge in [-0.2, -0.15) is 10.2 Å². The third-order valence-corrected chi connectivity index (χ3v) is 6.15. The summed E-state index contributed by atoms with van der Waals surface area (Å²) in [6.45, 7) is 6.39. The molecule has 5 rings (SSSR count). The second-order valence-corrected chi connectivity index (χ2v) is 8.72. The van der Waals surface area contributed by atoms with E-state index in [1.54, 1.807) is 35.1 Å². The summed E-state index contributed by atoms with van der Waals surface area (Å²) in [7, 11) is 0. The number of nitrogens with zero attached hydrogens (tertiary/aromatic N) is 4. The number of aryl methyl sites for hydroxylation is 2.